The van der Waals surface area contributed by atoms with E-state index in [0.29, 0.717) is 0 Å². The third kappa shape index (κ3) is 1.32. The van der Waals surface area contributed by atoms with Crippen LogP contribution in [0.2, 0.25) is 5.02 Å². The Morgan fingerprint density at radius 1 is 1.11 bits per heavy atom. The van der Waals surface area contributed by atoms with E-state index in [1.807, 2.05) is 35.1 Å². The van der Waals surface area contributed by atoms with Crippen molar-refractivity contribution in [1.82, 2.24) is 9.78 Å². The second kappa shape index (κ2) is 3.16. The molecule has 0 atom stereocenters. The van der Waals surface area contributed by atoms with Crippen LogP contribution in [0, 0.1) is 0 Å². The van der Waals surface area contributed by atoms with E-state index in [9.17, 15) is 0 Å². The fraction of sp³-hybridized carbons (Fsp3) is 0.357. The maximum Gasteiger partial charge on any atom is 0.0692 e. The zero-order valence-corrected chi connectivity index (χ0v) is 10.7. The van der Waals surface area contributed by atoms with Gasteiger partial charge in [-0.25, -0.2) is 4.68 Å². The first-order valence-electron chi connectivity index (χ1n) is 6.20. The van der Waals surface area contributed by atoms with E-state index in [4.69, 9.17) is 22.4 Å². The molecule has 2 bridgehead atoms. The summed E-state index contributed by atoms with van der Waals surface area (Å²) in [6.07, 6.45) is 5.30. The second-order valence-electron chi connectivity index (χ2n) is 5.79. The van der Waals surface area contributed by atoms with Gasteiger partial charge in [0.1, 0.15) is 0 Å². The molecule has 1 aromatic heterocycles. The quantitative estimate of drug-likeness (QED) is 0.901. The molecular formula is C14H14ClN3. The minimum atomic E-state index is 0.129. The molecule has 0 unspecified atom stereocenters. The molecule has 0 spiro atoms. The van der Waals surface area contributed by atoms with E-state index in [0.717, 1.165) is 30.0 Å². The predicted molar refractivity (Wildman–Crippen MR) is 71.0 cm³/mol. The molecule has 0 amide bonds. The van der Waals surface area contributed by atoms with E-state index in [1.54, 1.807) is 0 Å². The number of aromatic nitrogens is 2. The van der Waals surface area contributed by atoms with E-state index in [1.165, 1.54) is 5.69 Å². The lowest BCUT2D eigenvalue weighted by Gasteiger charge is -2.68. The van der Waals surface area contributed by atoms with Crippen molar-refractivity contribution >= 4 is 11.6 Å². The van der Waals surface area contributed by atoms with E-state index in [2.05, 4.69) is 6.07 Å². The predicted octanol–water partition coefficient (Wildman–Crippen LogP) is 2.66. The number of nitrogens with two attached hydrogens (primary N) is 1. The van der Waals surface area contributed by atoms with Crippen LogP contribution in [0.25, 0.3) is 5.69 Å². The summed E-state index contributed by atoms with van der Waals surface area (Å²) in [6, 6.07) is 9.84. The molecule has 0 aliphatic heterocycles. The molecule has 4 heteroatoms. The molecule has 0 saturated heterocycles. The van der Waals surface area contributed by atoms with Gasteiger partial charge in [-0.2, -0.15) is 5.10 Å². The Bertz CT molecular complexity index is 594. The van der Waals surface area contributed by atoms with Crippen LogP contribution in [0.3, 0.4) is 0 Å². The number of hydrogen-bond acceptors (Lipinski definition) is 2. The summed E-state index contributed by atoms with van der Waals surface area (Å²) in [5, 5.41) is 5.44. The summed E-state index contributed by atoms with van der Waals surface area (Å²) < 4.78 is 1.91. The maximum absolute atomic E-state index is 6.10. The van der Waals surface area contributed by atoms with Gasteiger partial charge < -0.3 is 5.73 Å². The summed E-state index contributed by atoms with van der Waals surface area (Å²) in [4.78, 5) is 0. The normalized spacial score (nSPS) is 32.8. The minimum absolute atomic E-state index is 0.129. The number of halogens is 1. The smallest absolute Gasteiger partial charge is 0.0692 e. The first-order valence-corrected chi connectivity index (χ1v) is 6.58. The van der Waals surface area contributed by atoms with Crippen LogP contribution < -0.4 is 5.73 Å². The molecule has 1 aromatic carbocycles. The Balaban J connectivity index is 1.65. The highest BCUT2D eigenvalue weighted by molar-refractivity contribution is 6.30. The number of nitrogens with zero attached hydrogens (tertiary/aromatic N) is 2. The molecule has 2 N–H and O–H groups in total. The summed E-state index contributed by atoms with van der Waals surface area (Å²) in [7, 11) is 0. The van der Waals surface area contributed by atoms with Gasteiger partial charge in [-0.1, -0.05) is 11.6 Å². The van der Waals surface area contributed by atoms with Gasteiger partial charge in [-0.15, -0.1) is 0 Å². The minimum Gasteiger partial charge on any atom is -0.325 e. The SMILES string of the molecule is NC12CC(c3ccn(-c4ccc(Cl)cc4)n3)(C1)C2. The molecule has 0 radical (unpaired) electrons. The summed E-state index contributed by atoms with van der Waals surface area (Å²) in [6.45, 7) is 0. The fourth-order valence-electron chi connectivity index (χ4n) is 3.48. The van der Waals surface area contributed by atoms with Crippen LogP contribution in [-0.4, -0.2) is 15.3 Å². The molecule has 3 fully saturated rings. The van der Waals surface area contributed by atoms with Crippen molar-refractivity contribution < 1.29 is 0 Å². The third-order valence-corrected chi connectivity index (χ3v) is 4.55. The van der Waals surface area contributed by atoms with Crippen LogP contribution in [0.15, 0.2) is 36.5 Å². The number of hydrogen-bond donors (Lipinski definition) is 1. The molecule has 2 aromatic rings. The van der Waals surface area contributed by atoms with Gasteiger partial charge in [-0.3, -0.25) is 0 Å². The van der Waals surface area contributed by atoms with Crippen LogP contribution in [0.1, 0.15) is 25.0 Å². The van der Waals surface area contributed by atoms with E-state index >= 15 is 0 Å². The lowest BCUT2D eigenvalue weighted by Crippen LogP contribution is -2.74. The van der Waals surface area contributed by atoms with Crippen LogP contribution >= 0.6 is 11.6 Å². The molecule has 3 aliphatic rings. The number of benzene rings is 1. The first-order chi connectivity index (χ1) is 8.59. The Kier molecular flexibility index (Phi) is 1.86. The average Bonchev–Trinajstić information content (AvgIpc) is 2.74. The van der Waals surface area contributed by atoms with Crippen molar-refractivity contribution in [3.8, 4) is 5.69 Å². The van der Waals surface area contributed by atoms with Gasteiger partial charge in [0.15, 0.2) is 0 Å². The standard InChI is InChI=1S/C14H14ClN3/c15-10-1-3-11(4-2-10)18-6-5-12(17-18)13-7-14(16,8-13)9-13/h1-6H,7-9,16H2. The van der Waals surface area contributed by atoms with Crippen molar-refractivity contribution in [3.05, 3.63) is 47.2 Å². The van der Waals surface area contributed by atoms with Crippen molar-refractivity contribution in [2.75, 3.05) is 0 Å². The van der Waals surface area contributed by atoms with Gasteiger partial charge in [0.2, 0.25) is 0 Å². The van der Waals surface area contributed by atoms with Crippen molar-refractivity contribution in [2.45, 2.75) is 30.2 Å². The molecule has 3 nitrogen and oxygen atoms in total. The zero-order valence-electron chi connectivity index (χ0n) is 9.94. The van der Waals surface area contributed by atoms with Crippen molar-refractivity contribution in [1.29, 1.82) is 0 Å². The zero-order chi connectivity index (χ0) is 12.4. The molecule has 3 saturated carbocycles. The first kappa shape index (κ1) is 10.6. The van der Waals surface area contributed by atoms with Crippen LogP contribution in [-0.2, 0) is 5.41 Å². The van der Waals surface area contributed by atoms with Gasteiger partial charge in [0.05, 0.1) is 11.4 Å². The molecule has 18 heavy (non-hydrogen) atoms. The molecule has 92 valence electrons. The average molecular weight is 260 g/mol. The highest BCUT2D eigenvalue weighted by atomic mass is 35.5. The summed E-state index contributed by atoms with van der Waals surface area (Å²) in [5.41, 5.74) is 8.73. The lowest BCUT2D eigenvalue weighted by atomic mass is 9.39. The topological polar surface area (TPSA) is 43.8 Å². The van der Waals surface area contributed by atoms with Crippen molar-refractivity contribution in [2.24, 2.45) is 5.73 Å². The Hall–Kier alpha value is -1.32. The highest BCUT2D eigenvalue weighted by Crippen LogP contribution is 2.65. The Morgan fingerprint density at radius 2 is 1.78 bits per heavy atom. The third-order valence-electron chi connectivity index (χ3n) is 4.29. The fourth-order valence-corrected chi connectivity index (χ4v) is 3.61. The Labute approximate surface area is 111 Å². The lowest BCUT2D eigenvalue weighted by molar-refractivity contribution is -0.0622. The summed E-state index contributed by atoms with van der Waals surface area (Å²) >= 11 is 5.89. The van der Waals surface area contributed by atoms with Crippen LogP contribution in [0.5, 0.6) is 0 Å². The maximum atomic E-state index is 6.10. The summed E-state index contributed by atoms with van der Waals surface area (Å²) in [5.74, 6) is 0. The second-order valence-corrected chi connectivity index (χ2v) is 6.23. The van der Waals surface area contributed by atoms with Gasteiger partial charge in [-0.05, 0) is 49.6 Å². The van der Waals surface area contributed by atoms with Gasteiger partial charge in [0.25, 0.3) is 0 Å². The van der Waals surface area contributed by atoms with E-state index < -0.39 is 0 Å². The van der Waals surface area contributed by atoms with Gasteiger partial charge in [0, 0.05) is 22.2 Å². The van der Waals surface area contributed by atoms with E-state index in [-0.39, 0.29) is 11.0 Å². The molecular weight excluding hydrogens is 246 g/mol. The van der Waals surface area contributed by atoms with Crippen LogP contribution in [0.4, 0.5) is 0 Å². The van der Waals surface area contributed by atoms with Crippen molar-refractivity contribution in [3.63, 3.8) is 0 Å². The van der Waals surface area contributed by atoms with Gasteiger partial charge >= 0.3 is 0 Å². The number of rotatable bonds is 2. The largest absolute Gasteiger partial charge is 0.325 e. The monoisotopic (exact) mass is 259 g/mol. The molecule has 3 aliphatic carbocycles. The molecule has 1 heterocycles. The Morgan fingerprint density at radius 3 is 2.39 bits per heavy atom. The molecule has 5 rings (SSSR count). The highest BCUT2D eigenvalue weighted by Gasteiger charge is 2.67.